The molecule has 0 atom stereocenters. The minimum atomic E-state index is -3.93. The van der Waals surface area contributed by atoms with Crippen molar-refractivity contribution in [1.29, 1.82) is 0 Å². The van der Waals surface area contributed by atoms with Crippen molar-refractivity contribution >= 4 is 32.9 Å². The number of rotatable bonds is 7. The summed E-state index contributed by atoms with van der Waals surface area (Å²) in [5, 5.41) is 22.8. The minimum Gasteiger partial charge on any atom is -0.492 e. The smallest absolute Gasteiger partial charge is 0.266 e. The summed E-state index contributed by atoms with van der Waals surface area (Å²) in [6.07, 6.45) is 0. The molecular weight excluding hydrogens is 440 g/mol. The topological polar surface area (TPSA) is 126 Å². The predicted molar refractivity (Wildman–Crippen MR) is 127 cm³/mol. The standard InChI is InChI=1S/C23H22N6O3S/c1-2-28(17-11-5-3-6-12-17)33(31,32)20-16-10-9-15-19(20)25-26-21-22(24)27-29(23(21)30)18-13-7-4-8-14-18/h3-16,30H,2H2,1H3,(H2,24,27)/b26-25+. The van der Waals surface area contributed by atoms with E-state index in [4.69, 9.17) is 5.73 Å². The fraction of sp³-hybridized carbons (Fsp3) is 0.0870. The van der Waals surface area contributed by atoms with Gasteiger partial charge in [0.05, 0.1) is 11.4 Å². The molecule has 0 aliphatic heterocycles. The fourth-order valence-electron chi connectivity index (χ4n) is 3.33. The van der Waals surface area contributed by atoms with Gasteiger partial charge in [-0.2, -0.15) is 4.68 Å². The summed E-state index contributed by atoms with van der Waals surface area (Å²) in [5.41, 5.74) is 7.13. The Kier molecular flexibility index (Phi) is 6.09. The Labute approximate surface area is 191 Å². The molecule has 0 amide bonds. The Hall–Kier alpha value is -4.18. The SMILES string of the molecule is CCN(c1ccccc1)S(=O)(=O)c1ccccc1/N=N/c1c(N)nn(-c2ccccc2)c1O. The molecule has 0 radical (unpaired) electrons. The Morgan fingerprint density at radius 2 is 1.55 bits per heavy atom. The molecule has 0 spiro atoms. The van der Waals surface area contributed by atoms with Crippen molar-refractivity contribution in [2.75, 3.05) is 16.6 Å². The van der Waals surface area contributed by atoms with Gasteiger partial charge in [-0.1, -0.05) is 48.5 Å². The molecule has 4 aromatic rings. The van der Waals surface area contributed by atoms with Crippen LogP contribution in [0.25, 0.3) is 5.69 Å². The lowest BCUT2D eigenvalue weighted by Gasteiger charge is -2.23. The molecule has 1 aromatic heterocycles. The zero-order valence-corrected chi connectivity index (χ0v) is 18.6. The molecule has 3 aromatic carbocycles. The first-order valence-corrected chi connectivity index (χ1v) is 11.6. The molecule has 0 aliphatic rings. The third kappa shape index (κ3) is 4.28. The van der Waals surface area contributed by atoms with Gasteiger partial charge >= 0.3 is 0 Å². The summed E-state index contributed by atoms with van der Waals surface area (Å²) < 4.78 is 29.4. The van der Waals surface area contributed by atoms with Crippen LogP contribution in [0, 0.1) is 0 Å². The molecule has 0 unspecified atom stereocenters. The lowest BCUT2D eigenvalue weighted by Crippen LogP contribution is -2.30. The number of hydrogen-bond acceptors (Lipinski definition) is 7. The quantitative estimate of drug-likeness (QED) is 0.382. The van der Waals surface area contributed by atoms with Crippen molar-refractivity contribution in [2.24, 2.45) is 10.2 Å². The van der Waals surface area contributed by atoms with Crippen LogP contribution < -0.4 is 10.0 Å². The first kappa shape index (κ1) is 22.0. The molecule has 0 bridgehead atoms. The second-order valence-electron chi connectivity index (χ2n) is 6.98. The molecule has 10 heteroatoms. The monoisotopic (exact) mass is 462 g/mol. The third-order valence-electron chi connectivity index (χ3n) is 4.89. The molecule has 0 fully saturated rings. The maximum absolute atomic E-state index is 13.5. The van der Waals surface area contributed by atoms with Gasteiger partial charge in [-0.15, -0.1) is 15.3 Å². The van der Waals surface area contributed by atoms with Crippen LogP contribution in [0.5, 0.6) is 5.88 Å². The Balaban J connectivity index is 1.73. The summed E-state index contributed by atoms with van der Waals surface area (Å²) in [4.78, 5) is -0.0204. The number of sulfonamides is 1. The van der Waals surface area contributed by atoms with E-state index in [2.05, 4.69) is 15.3 Å². The maximum atomic E-state index is 13.5. The highest BCUT2D eigenvalue weighted by Crippen LogP contribution is 2.37. The molecular formula is C23H22N6O3S. The Bertz CT molecular complexity index is 1390. The van der Waals surface area contributed by atoms with Crippen molar-refractivity contribution in [3.63, 3.8) is 0 Å². The highest BCUT2D eigenvalue weighted by molar-refractivity contribution is 7.93. The highest BCUT2D eigenvalue weighted by Gasteiger charge is 2.26. The van der Waals surface area contributed by atoms with Crippen LogP contribution in [-0.2, 0) is 10.0 Å². The second-order valence-corrected chi connectivity index (χ2v) is 8.81. The Morgan fingerprint density at radius 1 is 0.939 bits per heavy atom. The van der Waals surface area contributed by atoms with E-state index in [1.54, 1.807) is 67.6 Å². The van der Waals surface area contributed by atoms with E-state index in [9.17, 15) is 13.5 Å². The number of azo groups is 1. The van der Waals surface area contributed by atoms with Crippen LogP contribution in [0.4, 0.5) is 22.9 Å². The minimum absolute atomic E-state index is 0.0204. The number of aromatic hydroxyl groups is 1. The van der Waals surface area contributed by atoms with Crippen LogP contribution >= 0.6 is 0 Å². The lowest BCUT2D eigenvalue weighted by molar-refractivity contribution is 0.434. The number of aromatic nitrogens is 2. The second kappa shape index (κ2) is 9.13. The average molecular weight is 463 g/mol. The van der Waals surface area contributed by atoms with E-state index in [-0.39, 0.29) is 34.5 Å². The van der Waals surface area contributed by atoms with Gasteiger partial charge in [0.1, 0.15) is 10.6 Å². The molecule has 9 nitrogen and oxygen atoms in total. The van der Waals surface area contributed by atoms with Crippen LogP contribution in [0.1, 0.15) is 6.92 Å². The molecule has 3 N–H and O–H groups in total. The first-order valence-electron chi connectivity index (χ1n) is 10.1. The first-order chi connectivity index (χ1) is 15.9. The van der Waals surface area contributed by atoms with Gasteiger partial charge in [0.2, 0.25) is 5.88 Å². The summed E-state index contributed by atoms with van der Waals surface area (Å²) in [6, 6.07) is 24.0. The molecule has 0 saturated carbocycles. The average Bonchev–Trinajstić information content (AvgIpc) is 3.12. The lowest BCUT2D eigenvalue weighted by atomic mass is 10.3. The molecule has 0 saturated heterocycles. The van der Waals surface area contributed by atoms with Crippen molar-refractivity contribution < 1.29 is 13.5 Å². The molecule has 4 rings (SSSR count). The molecule has 168 valence electrons. The van der Waals surface area contributed by atoms with Crippen LogP contribution in [-0.4, -0.2) is 29.8 Å². The highest BCUT2D eigenvalue weighted by atomic mass is 32.2. The van der Waals surface area contributed by atoms with Crippen LogP contribution in [0.2, 0.25) is 0 Å². The summed E-state index contributed by atoms with van der Waals surface area (Å²) in [7, 11) is -3.93. The van der Waals surface area contributed by atoms with E-state index < -0.39 is 10.0 Å². The van der Waals surface area contributed by atoms with E-state index >= 15 is 0 Å². The maximum Gasteiger partial charge on any atom is 0.266 e. The molecule has 1 heterocycles. The number of hydrogen-bond donors (Lipinski definition) is 2. The zero-order chi connectivity index (χ0) is 23.4. The van der Waals surface area contributed by atoms with Gasteiger partial charge in [-0.3, -0.25) is 4.31 Å². The fourth-order valence-corrected chi connectivity index (χ4v) is 4.93. The van der Waals surface area contributed by atoms with E-state index in [0.717, 1.165) is 0 Å². The number of nitrogen functional groups attached to an aromatic ring is 1. The van der Waals surface area contributed by atoms with Gasteiger partial charge in [0, 0.05) is 6.54 Å². The van der Waals surface area contributed by atoms with Gasteiger partial charge in [-0.25, -0.2) is 8.42 Å². The van der Waals surface area contributed by atoms with E-state index in [1.807, 2.05) is 12.1 Å². The van der Waals surface area contributed by atoms with Gasteiger partial charge in [0.25, 0.3) is 10.0 Å². The third-order valence-corrected chi connectivity index (χ3v) is 6.84. The van der Waals surface area contributed by atoms with E-state index in [1.165, 1.54) is 21.1 Å². The summed E-state index contributed by atoms with van der Waals surface area (Å²) >= 11 is 0. The Morgan fingerprint density at radius 3 is 2.21 bits per heavy atom. The number of anilines is 2. The van der Waals surface area contributed by atoms with Crippen molar-refractivity contribution in [1.82, 2.24) is 9.78 Å². The number of para-hydroxylation sites is 2. The largest absolute Gasteiger partial charge is 0.492 e. The normalized spacial score (nSPS) is 11.7. The number of benzene rings is 3. The van der Waals surface area contributed by atoms with Crippen molar-refractivity contribution in [2.45, 2.75) is 11.8 Å². The molecule has 33 heavy (non-hydrogen) atoms. The van der Waals surface area contributed by atoms with Crippen molar-refractivity contribution in [3.05, 3.63) is 84.9 Å². The van der Waals surface area contributed by atoms with Gasteiger partial charge in [0.15, 0.2) is 11.5 Å². The molecule has 0 aliphatic carbocycles. The zero-order valence-electron chi connectivity index (χ0n) is 17.8. The van der Waals surface area contributed by atoms with Gasteiger partial charge in [-0.05, 0) is 43.3 Å². The summed E-state index contributed by atoms with van der Waals surface area (Å²) in [6.45, 7) is 1.99. The van der Waals surface area contributed by atoms with Crippen molar-refractivity contribution in [3.8, 4) is 11.6 Å². The number of nitrogens with two attached hydrogens (primary N) is 1. The van der Waals surface area contributed by atoms with Crippen LogP contribution in [0.3, 0.4) is 0 Å². The summed E-state index contributed by atoms with van der Waals surface area (Å²) in [5.74, 6) is -0.345. The predicted octanol–water partition coefficient (Wildman–Crippen LogP) is 4.79. The van der Waals surface area contributed by atoms with Gasteiger partial charge < -0.3 is 10.8 Å². The van der Waals surface area contributed by atoms with E-state index in [0.29, 0.717) is 11.4 Å². The number of nitrogens with zero attached hydrogens (tertiary/aromatic N) is 5. The van der Waals surface area contributed by atoms with Crippen LogP contribution in [0.15, 0.2) is 100 Å².